The Hall–Kier alpha value is -0.760. The summed E-state index contributed by atoms with van der Waals surface area (Å²) >= 11 is 0. The molecule has 2 aliphatic rings. The zero-order chi connectivity index (χ0) is 13.0. The third-order valence-corrected chi connectivity index (χ3v) is 5.57. The van der Waals surface area contributed by atoms with Gasteiger partial charge in [-0.05, 0) is 42.7 Å². The average Bonchev–Trinajstić information content (AvgIpc) is 2.94. The lowest BCUT2D eigenvalue weighted by Gasteiger charge is -2.36. The summed E-state index contributed by atoms with van der Waals surface area (Å²) in [5.41, 5.74) is 1.91. The van der Waals surface area contributed by atoms with Gasteiger partial charge in [-0.3, -0.25) is 0 Å². The molecule has 0 aromatic carbocycles. The molecule has 2 heterocycles. The van der Waals surface area contributed by atoms with Crippen LogP contribution in [0.4, 0.5) is 0 Å². The predicted molar refractivity (Wildman–Crippen MR) is 73.4 cm³/mol. The van der Waals surface area contributed by atoms with Crippen LogP contribution in [0, 0.1) is 11.3 Å². The van der Waals surface area contributed by atoms with Crippen LogP contribution in [0.5, 0.6) is 0 Å². The Balaban J connectivity index is 1.76. The summed E-state index contributed by atoms with van der Waals surface area (Å²) in [4.78, 5) is 0. The van der Waals surface area contributed by atoms with E-state index in [4.69, 9.17) is 4.74 Å². The van der Waals surface area contributed by atoms with Gasteiger partial charge in [-0.2, -0.15) is 0 Å². The number of aryl methyl sites for hydroxylation is 1. The van der Waals surface area contributed by atoms with Gasteiger partial charge in [0, 0.05) is 13.2 Å². The van der Waals surface area contributed by atoms with E-state index in [1.807, 2.05) is 0 Å². The molecule has 0 spiro atoms. The van der Waals surface area contributed by atoms with Gasteiger partial charge in [0.1, 0.15) is 5.60 Å². The molecule has 3 atom stereocenters. The van der Waals surface area contributed by atoms with Crippen LogP contribution >= 0.6 is 0 Å². The molecule has 0 unspecified atom stereocenters. The number of aromatic nitrogens is 1. The molecular formula is C16H25NO. The van der Waals surface area contributed by atoms with Gasteiger partial charge >= 0.3 is 0 Å². The van der Waals surface area contributed by atoms with Crippen LogP contribution in [-0.4, -0.2) is 10.7 Å². The Morgan fingerprint density at radius 1 is 1.50 bits per heavy atom. The van der Waals surface area contributed by atoms with Crippen molar-refractivity contribution in [3.63, 3.8) is 0 Å². The molecule has 100 valence electrons. The van der Waals surface area contributed by atoms with Crippen molar-refractivity contribution in [2.75, 3.05) is 0 Å². The first-order valence-corrected chi connectivity index (χ1v) is 7.29. The van der Waals surface area contributed by atoms with Crippen molar-refractivity contribution in [1.29, 1.82) is 0 Å². The van der Waals surface area contributed by atoms with E-state index in [1.165, 1.54) is 31.4 Å². The van der Waals surface area contributed by atoms with Gasteiger partial charge in [0.15, 0.2) is 0 Å². The predicted octanol–water partition coefficient (Wildman–Crippen LogP) is 3.86. The van der Waals surface area contributed by atoms with Crippen LogP contribution in [0.25, 0.3) is 0 Å². The molecule has 0 amide bonds. The van der Waals surface area contributed by atoms with Crippen molar-refractivity contribution >= 4 is 0 Å². The van der Waals surface area contributed by atoms with Crippen molar-refractivity contribution in [2.24, 2.45) is 18.4 Å². The summed E-state index contributed by atoms with van der Waals surface area (Å²) in [6.07, 6.45) is 7.61. The Morgan fingerprint density at radius 3 is 2.83 bits per heavy atom. The molecule has 3 rings (SSSR count). The molecule has 0 radical (unpaired) electrons. The fraction of sp³-hybridized carbons (Fsp3) is 0.750. The summed E-state index contributed by atoms with van der Waals surface area (Å²) in [6, 6.07) is 4.36. The van der Waals surface area contributed by atoms with Crippen molar-refractivity contribution in [3.05, 3.63) is 24.0 Å². The number of hydrogen-bond donors (Lipinski definition) is 0. The van der Waals surface area contributed by atoms with Gasteiger partial charge in [-0.1, -0.05) is 27.2 Å². The van der Waals surface area contributed by atoms with Crippen LogP contribution in [0.2, 0.25) is 0 Å². The van der Waals surface area contributed by atoms with Gasteiger partial charge < -0.3 is 9.30 Å². The van der Waals surface area contributed by atoms with Gasteiger partial charge in [-0.15, -0.1) is 0 Å². The molecule has 0 N–H and O–H groups in total. The molecule has 1 saturated carbocycles. The minimum atomic E-state index is 0.0680. The van der Waals surface area contributed by atoms with Crippen LogP contribution in [0.3, 0.4) is 0 Å². The summed E-state index contributed by atoms with van der Waals surface area (Å²) in [6.45, 7) is 7.14. The quantitative estimate of drug-likeness (QED) is 0.742. The number of fused-ring (bicyclic) bond motifs is 1. The van der Waals surface area contributed by atoms with E-state index in [-0.39, 0.29) is 5.60 Å². The van der Waals surface area contributed by atoms with E-state index in [2.05, 4.69) is 50.7 Å². The van der Waals surface area contributed by atoms with E-state index < -0.39 is 0 Å². The molecule has 1 aromatic heterocycles. The zero-order valence-electron chi connectivity index (χ0n) is 12.1. The second-order valence-corrected chi connectivity index (χ2v) is 6.81. The first kappa shape index (κ1) is 12.3. The Kier molecular flexibility index (Phi) is 2.64. The Bertz CT molecular complexity index is 448. The molecule has 1 saturated heterocycles. The van der Waals surface area contributed by atoms with Crippen molar-refractivity contribution in [3.8, 4) is 0 Å². The molecule has 2 heteroatoms. The number of ether oxygens (including phenoxy) is 1. The number of nitrogens with zero attached hydrogens (tertiary/aromatic N) is 1. The monoisotopic (exact) mass is 247 g/mol. The maximum atomic E-state index is 6.14. The first-order chi connectivity index (χ1) is 8.49. The van der Waals surface area contributed by atoms with Crippen molar-refractivity contribution in [1.82, 2.24) is 4.57 Å². The van der Waals surface area contributed by atoms with Gasteiger partial charge in [-0.25, -0.2) is 0 Å². The van der Waals surface area contributed by atoms with E-state index in [0.717, 1.165) is 5.92 Å². The standard InChI is InChI=1S/C16H25NO/c1-5-15(2,3)12-8-9-16(14(11-12)18-16)13-7-6-10-17(13)4/h6-7,10,12,14H,5,8-9,11H2,1-4H3/t12-,14-,16+/m1/s1. The van der Waals surface area contributed by atoms with E-state index in [9.17, 15) is 0 Å². The maximum absolute atomic E-state index is 6.14. The SMILES string of the molecule is CCC(C)(C)[C@@H]1CC[C@@]2(c3cccn3C)O[C@@H]2C1. The third-order valence-electron chi connectivity index (χ3n) is 5.57. The molecule has 2 fully saturated rings. The minimum absolute atomic E-state index is 0.0680. The largest absolute Gasteiger partial charge is 0.359 e. The number of hydrogen-bond acceptors (Lipinski definition) is 1. The van der Waals surface area contributed by atoms with E-state index in [1.54, 1.807) is 0 Å². The molecule has 0 bridgehead atoms. The molecule has 18 heavy (non-hydrogen) atoms. The third kappa shape index (κ3) is 1.65. The lowest BCUT2D eigenvalue weighted by Crippen LogP contribution is -2.32. The first-order valence-electron chi connectivity index (χ1n) is 7.29. The highest BCUT2D eigenvalue weighted by atomic mass is 16.6. The fourth-order valence-corrected chi connectivity index (χ4v) is 3.70. The highest BCUT2D eigenvalue weighted by Crippen LogP contribution is 2.59. The lowest BCUT2D eigenvalue weighted by molar-refractivity contribution is 0.151. The Labute approximate surface area is 110 Å². The van der Waals surface area contributed by atoms with Crippen LogP contribution < -0.4 is 0 Å². The van der Waals surface area contributed by atoms with Crippen molar-refractivity contribution < 1.29 is 4.74 Å². The highest BCUT2D eigenvalue weighted by molar-refractivity contribution is 5.26. The van der Waals surface area contributed by atoms with Gasteiger partial charge in [0.05, 0.1) is 11.8 Å². The maximum Gasteiger partial charge on any atom is 0.134 e. The summed E-state index contributed by atoms with van der Waals surface area (Å²) in [5, 5.41) is 0. The zero-order valence-corrected chi connectivity index (χ0v) is 12.1. The topological polar surface area (TPSA) is 17.5 Å². The molecule has 2 nitrogen and oxygen atoms in total. The fourth-order valence-electron chi connectivity index (χ4n) is 3.70. The molecule has 1 aliphatic carbocycles. The summed E-state index contributed by atoms with van der Waals surface area (Å²) in [7, 11) is 2.13. The summed E-state index contributed by atoms with van der Waals surface area (Å²) in [5.74, 6) is 0.823. The molecule has 1 aliphatic heterocycles. The van der Waals surface area contributed by atoms with Crippen LogP contribution in [0.15, 0.2) is 18.3 Å². The van der Waals surface area contributed by atoms with Crippen LogP contribution in [-0.2, 0) is 17.4 Å². The second-order valence-electron chi connectivity index (χ2n) is 6.81. The van der Waals surface area contributed by atoms with E-state index in [0.29, 0.717) is 11.5 Å². The second kappa shape index (κ2) is 3.86. The van der Waals surface area contributed by atoms with Crippen molar-refractivity contribution in [2.45, 2.75) is 58.2 Å². The van der Waals surface area contributed by atoms with Crippen LogP contribution in [0.1, 0.15) is 52.1 Å². The highest BCUT2D eigenvalue weighted by Gasteiger charge is 2.62. The van der Waals surface area contributed by atoms with Gasteiger partial charge in [0.25, 0.3) is 0 Å². The average molecular weight is 247 g/mol. The Morgan fingerprint density at radius 2 is 2.28 bits per heavy atom. The molecular weight excluding hydrogens is 222 g/mol. The van der Waals surface area contributed by atoms with E-state index >= 15 is 0 Å². The smallest absolute Gasteiger partial charge is 0.134 e. The lowest BCUT2D eigenvalue weighted by atomic mass is 9.67. The molecule has 1 aromatic rings. The minimum Gasteiger partial charge on any atom is -0.359 e. The van der Waals surface area contributed by atoms with Gasteiger partial charge in [0.2, 0.25) is 0 Å². The normalized spacial score (nSPS) is 35.3. The summed E-state index contributed by atoms with van der Waals surface area (Å²) < 4.78 is 8.37. The number of epoxide rings is 1. The number of rotatable bonds is 3.